The van der Waals surface area contributed by atoms with Crippen LogP contribution in [0.1, 0.15) is 36.6 Å². The van der Waals surface area contributed by atoms with E-state index in [1.54, 1.807) is 19.1 Å². The number of nitro benzene ring substituents is 1. The Kier molecular flexibility index (Phi) is 5.71. The Hall–Kier alpha value is -3.33. The Labute approximate surface area is 173 Å². The van der Waals surface area contributed by atoms with Crippen molar-refractivity contribution in [1.29, 1.82) is 0 Å². The summed E-state index contributed by atoms with van der Waals surface area (Å²) in [6, 6.07) is 10.6. The summed E-state index contributed by atoms with van der Waals surface area (Å²) in [5, 5.41) is 22.5. The van der Waals surface area contributed by atoms with Crippen LogP contribution in [0.4, 0.5) is 11.4 Å². The highest BCUT2D eigenvalue weighted by atomic mass is 16.6. The van der Waals surface area contributed by atoms with Crippen molar-refractivity contribution in [3.8, 4) is 0 Å². The van der Waals surface area contributed by atoms with Crippen LogP contribution in [0.25, 0.3) is 5.65 Å². The minimum absolute atomic E-state index is 0.00667. The van der Waals surface area contributed by atoms with E-state index >= 15 is 0 Å². The van der Waals surface area contributed by atoms with E-state index in [0.717, 1.165) is 37.4 Å². The van der Waals surface area contributed by atoms with Crippen LogP contribution in [0.3, 0.4) is 0 Å². The summed E-state index contributed by atoms with van der Waals surface area (Å²) in [7, 11) is 0. The molecule has 1 aliphatic heterocycles. The number of nitrogens with one attached hydrogen (secondary N) is 1. The molecule has 1 aromatic carbocycles. The molecule has 9 nitrogen and oxygen atoms in total. The fourth-order valence-corrected chi connectivity index (χ4v) is 4.04. The normalized spacial score (nSPS) is 17.2. The zero-order valence-corrected chi connectivity index (χ0v) is 16.8. The van der Waals surface area contributed by atoms with Gasteiger partial charge in [0.2, 0.25) is 5.91 Å². The lowest BCUT2D eigenvalue weighted by Gasteiger charge is -2.31. The van der Waals surface area contributed by atoms with E-state index < -0.39 is 4.92 Å². The fourth-order valence-electron chi connectivity index (χ4n) is 4.04. The molecule has 0 radical (unpaired) electrons. The molecule has 1 N–H and O–H groups in total. The molecular weight excluding hydrogens is 384 g/mol. The van der Waals surface area contributed by atoms with Gasteiger partial charge in [-0.15, -0.1) is 10.2 Å². The van der Waals surface area contributed by atoms with Crippen molar-refractivity contribution in [2.45, 2.75) is 32.1 Å². The van der Waals surface area contributed by atoms with Crippen LogP contribution < -0.4 is 5.32 Å². The number of likely N-dealkylation sites (tertiary alicyclic amines) is 1. The second-order valence-corrected chi connectivity index (χ2v) is 7.63. The zero-order valence-electron chi connectivity index (χ0n) is 16.8. The SMILES string of the molecule is Cc1c(NC(=O)CCN2CCCC(c3nnc4ccccn34)C2)cccc1[N+](=O)[O-]. The van der Waals surface area contributed by atoms with Crippen molar-refractivity contribution < 1.29 is 9.72 Å². The average Bonchev–Trinajstić information content (AvgIpc) is 3.18. The summed E-state index contributed by atoms with van der Waals surface area (Å²) in [6.45, 7) is 4.05. The molecule has 2 aromatic heterocycles. The minimum Gasteiger partial charge on any atom is -0.326 e. The summed E-state index contributed by atoms with van der Waals surface area (Å²) < 4.78 is 2.03. The number of carbonyl (C=O) groups is 1. The highest BCUT2D eigenvalue weighted by molar-refractivity contribution is 5.92. The van der Waals surface area contributed by atoms with Crippen LogP contribution in [0, 0.1) is 17.0 Å². The van der Waals surface area contributed by atoms with Gasteiger partial charge in [-0.3, -0.25) is 19.3 Å². The molecule has 9 heteroatoms. The summed E-state index contributed by atoms with van der Waals surface area (Å²) in [5.41, 5.74) is 1.80. The van der Waals surface area contributed by atoms with Gasteiger partial charge in [-0.2, -0.15) is 0 Å². The van der Waals surface area contributed by atoms with Crippen LogP contribution in [-0.2, 0) is 4.79 Å². The van der Waals surface area contributed by atoms with Gasteiger partial charge in [0.1, 0.15) is 5.82 Å². The number of anilines is 1. The minimum atomic E-state index is -0.437. The molecule has 156 valence electrons. The molecule has 1 atom stereocenters. The van der Waals surface area contributed by atoms with Crippen molar-refractivity contribution in [3.05, 3.63) is 64.1 Å². The second kappa shape index (κ2) is 8.58. The number of rotatable bonds is 6. The predicted octanol–water partition coefficient (Wildman–Crippen LogP) is 3.15. The Morgan fingerprint density at radius 1 is 1.27 bits per heavy atom. The van der Waals surface area contributed by atoms with E-state index in [4.69, 9.17) is 0 Å². The molecule has 4 rings (SSSR count). The summed E-state index contributed by atoms with van der Waals surface area (Å²) >= 11 is 0. The summed E-state index contributed by atoms with van der Waals surface area (Å²) in [5.74, 6) is 1.10. The molecule has 3 heterocycles. The fraction of sp³-hybridized carbons (Fsp3) is 0.381. The molecule has 1 fully saturated rings. The molecule has 1 amide bonds. The van der Waals surface area contributed by atoms with E-state index in [9.17, 15) is 14.9 Å². The molecule has 0 spiro atoms. The molecule has 30 heavy (non-hydrogen) atoms. The zero-order chi connectivity index (χ0) is 21.1. The van der Waals surface area contributed by atoms with Crippen LogP contribution >= 0.6 is 0 Å². The number of carbonyl (C=O) groups excluding carboxylic acids is 1. The summed E-state index contributed by atoms with van der Waals surface area (Å²) in [4.78, 5) is 25.4. The lowest BCUT2D eigenvalue weighted by Crippen LogP contribution is -2.37. The molecular formula is C21H24N6O3. The van der Waals surface area contributed by atoms with Crippen molar-refractivity contribution in [1.82, 2.24) is 19.5 Å². The quantitative estimate of drug-likeness (QED) is 0.496. The van der Waals surface area contributed by atoms with Gasteiger partial charge in [0.15, 0.2) is 5.65 Å². The van der Waals surface area contributed by atoms with Crippen molar-refractivity contribution >= 4 is 22.9 Å². The summed E-state index contributed by atoms with van der Waals surface area (Å²) in [6.07, 6.45) is 4.40. The Morgan fingerprint density at radius 3 is 2.97 bits per heavy atom. The standard InChI is InChI=1S/C21H24N6O3/c1-15-17(7-4-8-18(15)27(29)30)22-20(28)10-13-25-11-5-6-16(14-25)21-24-23-19-9-2-3-12-26(19)21/h2-4,7-9,12,16H,5-6,10-11,13-14H2,1H3,(H,22,28). The van der Waals surface area contributed by atoms with E-state index in [-0.39, 0.29) is 17.5 Å². The van der Waals surface area contributed by atoms with Gasteiger partial charge in [-0.1, -0.05) is 12.1 Å². The molecule has 1 saturated heterocycles. The Bertz CT molecular complexity index is 1080. The highest BCUT2D eigenvalue weighted by Crippen LogP contribution is 2.27. The Morgan fingerprint density at radius 2 is 2.13 bits per heavy atom. The number of nitrogens with zero attached hydrogens (tertiary/aromatic N) is 5. The average molecular weight is 408 g/mol. The van der Waals surface area contributed by atoms with Crippen LogP contribution in [0.5, 0.6) is 0 Å². The first-order chi connectivity index (χ1) is 14.5. The number of piperidine rings is 1. The van der Waals surface area contributed by atoms with Gasteiger partial charge < -0.3 is 10.2 Å². The highest BCUT2D eigenvalue weighted by Gasteiger charge is 2.25. The third-order valence-corrected chi connectivity index (χ3v) is 5.64. The number of fused-ring (bicyclic) bond motifs is 1. The van der Waals surface area contributed by atoms with Gasteiger partial charge in [0, 0.05) is 37.7 Å². The smallest absolute Gasteiger partial charge is 0.274 e. The first kappa shape index (κ1) is 20.0. The lowest BCUT2D eigenvalue weighted by molar-refractivity contribution is -0.385. The van der Waals surface area contributed by atoms with Gasteiger partial charge in [0.25, 0.3) is 5.69 Å². The van der Waals surface area contributed by atoms with Crippen molar-refractivity contribution in [2.75, 3.05) is 25.0 Å². The van der Waals surface area contributed by atoms with E-state index in [1.165, 1.54) is 6.07 Å². The largest absolute Gasteiger partial charge is 0.326 e. The van der Waals surface area contributed by atoms with Gasteiger partial charge in [-0.05, 0) is 44.5 Å². The molecule has 0 bridgehead atoms. The molecule has 0 aliphatic carbocycles. The number of aromatic nitrogens is 3. The number of nitro groups is 1. The van der Waals surface area contributed by atoms with E-state index in [0.29, 0.717) is 24.2 Å². The van der Waals surface area contributed by atoms with Gasteiger partial charge in [0.05, 0.1) is 16.2 Å². The molecule has 3 aromatic rings. The number of hydrogen-bond acceptors (Lipinski definition) is 6. The first-order valence-corrected chi connectivity index (χ1v) is 10.1. The number of hydrogen-bond donors (Lipinski definition) is 1. The molecule has 0 saturated carbocycles. The second-order valence-electron chi connectivity index (χ2n) is 7.63. The number of pyridine rings is 1. The van der Waals surface area contributed by atoms with E-state index in [2.05, 4.69) is 20.4 Å². The lowest BCUT2D eigenvalue weighted by atomic mass is 9.97. The topological polar surface area (TPSA) is 106 Å². The number of benzene rings is 1. The van der Waals surface area contributed by atoms with E-state index in [1.807, 2.05) is 28.8 Å². The van der Waals surface area contributed by atoms with Gasteiger partial charge >= 0.3 is 0 Å². The maximum atomic E-state index is 12.4. The molecule has 1 aliphatic rings. The van der Waals surface area contributed by atoms with Crippen LogP contribution in [0.15, 0.2) is 42.6 Å². The van der Waals surface area contributed by atoms with Crippen LogP contribution in [-0.4, -0.2) is 50.0 Å². The maximum Gasteiger partial charge on any atom is 0.274 e. The third-order valence-electron chi connectivity index (χ3n) is 5.64. The monoisotopic (exact) mass is 408 g/mol. The van der Waals surface area contributed by atoms with Crippen LogP contribution in [0.2, 0.25) is 0 Å². The molecule has 1 unspecified atom stereocenters. The first-order valence-electron chi connectivity index (χ1n) is 10.1. The van der Waals surface area contributed by atoms with Crippen molar-refractivity contribution in [3.63, 3.8) is 0 Å². The number of amides is 1. The maximum absolute atomic E-state index is 12.4. The third kappa shape index (κ3) is 4.16. The Balaban J connectivity index is 1.35. The van der Waals surface area contributed by atoms with Gasteiger partial charge in [-0.25, -0.2) is 0 Å². The van der Waals surface area contributed by atoms with Crippen molar-refractivity contribution in [2.24, 2.45) is 0 Å². The predicted molar refractivity (Wildman–Crippen MR) is 112 cm³/mol.